The molecule has 9 nitrogen and oxygen atoms in total. The van der Waals surface area contributed by atoms with E-state index in [4.69, 9.17) is 9.47 Å². The molecule has 2 heterocycles. The van der Waals surface area contributed by atoms with Crippen LogP contribution >= 0.6 is 0 Å². The van der Waals surface area contributed by atoms with E-state index >= 15 is 0 Å². The van der Waals surface area contributed by atoms with Gasteiger partial charge in [0, 0.05) is 31.9 Å². The number of ether oxygens (including phenoxy) is 2. The number of urea groups is 1. The average molecular weight is 495 g/mol. The molecule has 3 atom stereocenters. The van der Waals surface area contributed by atoms with Crippen LogP contribution in [0.15, 0.2) is 48.5 Å². The molecule has 9 heteroatoms. The molecule has 0 radical (unpaired) electrons. The summed E-state index contributed by atoms with van der Waals surface area (Å²) in [4.78, 5) is 43.9. The van der Waals surface area contributed by atoms with E-state index in [0.29, 0.717) is 37.6 Å². The number of aryl methyl sites for hydroxylation is 1. The van der Waals surface area contributed by atoms with Crippen molar-refractivity contribution >= 4 is 23.6 Å². The number of hydrogen-bond donors (Lipinski definition) is 2. The van der Waals surface area contributed by atoms with Gasteiger partial charge in [-0.25, -0.2) is 4.79 Å². The highest BCUT2D eigenvalue weighted by molar-refractivity contribution is 5.96. The van der Waals surface area contributed by atoms with Gasteiger partial charge in [-0.05, 0) is 50.1 Å². The number of piperazine rings is 1. The maximum atomic E-state index is 13.8. The van der Waals surface area contributed by atoms with Gasteiger partial charge in [-0.15, -0.1) is 0 Å². The minimum absolute atomic E-state index is 0.152. The van der Waals surface area contributed by atoms with Gasteiger partial charge < -0.3 is 29.9 Å². The second kappa shape index (κ2) is 11.4. The van der Waals surface area contributed by atoms with Crippen LogP contribution in [-0.2, 0) is 14.3 Å². The van der Waals surface area contributed by atoms with Crippen molar-refractivity contribution in [3.63, 3.8) is 0 Å². The van der Waals surface area contributed by atoms with Crippen LogP contribution in [0.2, 0.25) is 0 Å². The second-order valence-electron chi connectivity index (χ2n) is 9.11. The lowest BCUT2D eigenvalue weighted by molar-refractivity contribution is -0.148. The molecule has 0 aromatic heterocycles. The Balaban J connectivity index is 1.73. The predicted molar refractivity (Wildman–Crippen MR) is 136 cm³/mol. The van der Waals surface area contributed by atoms with Gasteiger partial charge in [-0.3, -0.25) is 9.59 Å². The smallest absolute Gasteiger partial charge is 0.323 e. The lowest BCUT2D eigenvalue weighted by atomic mass is 9.93. The van der Waals surface area contributed by atoms with Crippen molar-refractivity contribution in [2.24, 2.45) is 5.92 Å². The van der Waals surface area contributed by atoms with E-state index in [1.54, 1.807) is 31.1 Å². The minimum atomic E-state index is -0.796. The third kappa shape index (κ3) is 5.46. The number of methoxy groups -OCH3 is 1. The number of nitrogens with zero attached hydrogens (tertiary/aromatic N) is 2. The van der Waals surface area contributed by atoms with Crippen molar-refractivity contribution in [3.8, 4) is 5.75 Å². The highest BCUT2D eigenvalue weighted by Crippen LogP contribution is 2.43. The molecule has 3 unspecified atom stereocenters. The van der Waals surface area contributed by atoms with Crippen molar-refractivity contribution in [3.05, 3.63) is 59.7 Å². The van der Waals surface area contributed by atoms with Crippen LogP contribution in [0.25, 0.3) is 0 Å². The predicted octanol–water partition coefficient (Wildman–Crippen LogP) is 2.96. The van der Waals surface area contributed by atoms with Crippen molar-refractivity contribution in [1.29, 1.82) is 0 Å². The van der Waals surface area contributed by atoms with Gasteiger partial charge in [-0.1, -0.05) is 29.8 Å². The van der Waals surface area contributed by atoms with Crippen LogP contribution in [0.1, 0.15) is 30.5 Å². The Kier molecular flexibility index (Phi) is 8.10. The summed E-state index contributed by atoms with van der Waals surface area (Å²) in [6, 6.07) is 12.8. The quantitative estimate of drug-likeness (QED) is 0.599. The first kappa shape index (κ1) is 25.5. The first-order chi connectivity index (χ1) is 17.4. The Bertz CT molecular complexity index is 1070. The average Bonchev–Trinajstić information content (AvgIpc) is 3.31. The van der Waals surface area contributed by atoms with E-state index in [9.17, 15) is 14.4 Å². The summed E-state index contributed by atoms with van der Waals surface area (Å²) in [7, 11) is 1.58. The fourth-order valence-electron chi connectivity index (χ4n) is 4.95. The second-order valence-corrected chi connectivity index (χ2v) is 9.11. The van der Waals surface area contributed by atoms with Gasteiger partial charge in [0.1, 0.15) is 11.8 Å². The zero-order valence-corrected chi connectivity index (χ0v) is 21.0. The Morgan fingerprint density at radius 2 is 1.69 bits per heavy atom. The third-order valence-corrected chi connectivity index (χ3v) is 6.79. The van der Waals surface area contributed by atoms with Gasteiger partial charge in [0.2, 0.25) is 5.91 Å². The van der Waals surface area contributed by atoms with Crippen molar-refractivity contribution in [2.45, 2.75) is 32.4 Å². The van der Waals surface area contributed by atoms with Crippen molar-refractivity contribution in [2.75, 3.05) is 45.2 Å². The lowest BCUT2D eigenvalue weighted by Crippen LogP contribution is -2.54. The number of rotatable bonds is 6. The van der Waals surface area contributed by atoms with Crippen LogP contribution < -0.4 is 15.4 Å². The minimum Gasteiger partial charge on any atom is -0.497 e. The molecule has 2 aromatic rings. The number of benzene rings is 2. The highest BCUT2D eigenvalue weighted by Gasteiger charge is 2.52. The largest absolute Gasteiger partial charge is 0.497 e. The lowest BCUT2D eigenvalue weighted by Gasteiger charge is -2.35. The molecule has 2 aliphatic heterocycles. The molecule has 2 saturated heterocycles. The maximum absolute atomic E-state index is 13.8. The van der Waals surface area contributed by atoms with Gasteiger partial charge in [0.15, 0.2) is 0 Å². The first-order valence-electron chi connectivity index (χ1n) is 12.4. The SMILES string of the molecule is CCOC(=O)C1CC(C(=O)N2CCNCC2)N(C(=O)Nc2ccc(C)cc2)C1c1ccc(OC)cc1. The number of anilines is 1. The molecule has 3 amide bonds. The Hall–Kier alpha value is -3.59. The number of carbonyl (C=O) groups excluding carboxylic acids is 3. The van der Waals surface area contributed by atoms with E-state index < -0.39 is 30.0 Å². The molecular weight excluding hydrogens is 460 g/mol. The molecule has 2 aromatic carbocycles. The van der Waals surface area contributed by atoms with Crippen LogP contribution in [0.3, 0.4) is 0 Å². The number of carbonyl (C=O) groups is 3. The summed E-state index contributed by atoms with van der Waals surface area (Å²) in [5.74, 6) is -0.588. The van der Waals surface area contributed by atoms with Crippen LogP contribution in [0.5, 0.6) is 5.75 Å². The molecular formula is C27H34N4O5. The van der Waals surface area contributed by atoms with Crippen LogP contribution in [0.4, 0.5) is 10.5 Å². The normalized spacial score (nSPS) is 21.7. The fourth-order valence-corrected chi connectivity index (χ4v) is 4.95. The van der Waals surface area contributed by atoms with Crippen molar-refractivity contribution < 1.29 is 23.9 Å². The van der Waals surface area contributed by atoms with Crippen molar-refractivity contribution in [1.82, 2.24) is 15.1 Å². The highest BCUT2D eigenvalue weighted by atomic mass is 16.5. The van der Waals surface area contributed by atoms with E-state index in [1.165, 1.54) is 4.90 Å². The van der Waals surface area contributed by atoms with Gasteiger partial charge in [0.25, 0.3) is 0 Å². The van der Waals surface area contributed by atoms with Gasteiger partial charge in [0.05, 0.1) is 25.7 Å². The zero-order chi connectivity index (χ0) is 25.7. The molecule has 2 aliphatic rings. The molecule has 2 fully saturated rings. The van der Waals surface area contributed by atoms with E-state index in [2.05, 4.69) is 10.6 Å². The first-order valence-corrected chi connectivity index (χ1v) is 12.4. The summed E-state index contributed by atoms with van der Waals surface area (Å²) < 4.78 is 10.7. The van der Waals surface area contributed by atoms with E-state index in [1.807, 2.05) is 43.3 Å². The monoisotopic (exact) mass is 494 g/mol. The molecule has 0 aliphatic carbocycles. The van der Waals surface area contributed by atoms with Crippen LogP contribution in [0, 0.1) is 12.8 Å². The summed E-state index contributed by atoms with van der Waals surface area (Å²) >= 11 is 0. The van der Waals surface area contributed by atoms with Crippen LogP contribution in [-0.4, -0.2) is 73.6 Å². The Labute approximate surface area is 211 Å². The van der Waals surface area contributed by atoms with E-state index in [0.717, 1.165) is 11.1 Å². The number of nitrogens with one attached hydrogen (secondary N) is 2. The summed E-state index contributed by atoms with van der Waals surface area (Å²) in [5, 5.41) is 6.19. The molecule has 0 saturated carbocycles. The topological polar surface area (TPSA) is 100 Å². The Morgan fingerprint density at radius 1 is 1.03 bits per heavy atom. The number of esters is 1. The standard InChI is InChI=1S/C27H34N4O5/c1-4-36-26(33)22-17-23(25(32)30-15-13-28-14-16-30)31(24(22)19-7-11-21(35-3)12-8-19)27(34)29-20-9-5-18(2)6-10-20/h5-12,22-24,28H,4,13-17H2,1-3H3,(H,29,34). The van der Waals surface area contributed by atoms with Gasteiger partial charge in [-0.2, -0.15) is 0 Å². The third-order valence-electron chi connectivity index (χ3n) is 6.79. The molecule has 4 rings (SSSR count). The number of hydrogen-bond acceptors (Lipinski definition) is 6. The molecule has 36 heavy (non-hydrogen) atoms. The zero-order valence-electron chi connectivity index (χ0n) is 21.0. The molecule has 0 bridgehead atoms. The summed E-state index contributed by atoms with van der Waals surface area (Å²) in [5.41, 5.74) is 2.43. The number of likely N-dealkylation sites (tertiary alicyclic amines) is 1. The Morgan fingerprint density at radius 3 is 2.31 bits per heavy atom. The molecule has 2 N–H and O–H groups in total. The summed E-state index contributed by atoms with van der Waals surface area (Å²) in [6.45, 7) is 6.43. The fraction of sp³-hybridized carbons (Fsp3) is 0.444. The molecule has 0 spiro atoms. The summed E-state index contributed by atoms with van der Waals surface area (Å²) in [6.07, 6.45) is 0.194. The number of amides is 3. The maximum Gasteiger partial charge on any atom is 0.323 e. The van der Waals surface area contributed by atoms with Gasteiger partial charge >= 0.3 is 12.0 Å². The molecule has 192 valence electrons. The van der Waals surface area contributed by atoms with E-state index in [-0.39, 0.29) is 18.9 Å².